The van der Waals surface area contributed by atoms with E-state index in [1.54, 1.807) is 46.2 Å². The van der Waals surface area contributed by atoms with E-state index in [0.717, 1.165) is 4.47 Å². The SMILES string of the molecule is O=C(O)CCCC(=O)N1CCN(C2(c3ccc(Oc4ccc(Br)cc4)cc3)C(=O)NC(=O)NC2=O)CC1. The molecule has 11 nitrogen and oxygen atoms in total. The maximum atomic E-state index is 13.3. The van der Waals surface area contributed by atoms with Gasteiger partial charge in [-0.3, -0.25) is 34.7 Å². The van der Waals surface area contributed by atoms with Crippen molar-refractivity contribution in [2.75, 3.05) is 26.2 Å². The minimum Gasteiger partial charge on any atom is -0.481 e. The molecule has 2 aliphatic rings. The summed E-state index contributed by atoms with van der Waals surface area (Å²) in [5.41, 5.74) is -1.47. The molecule has 0 radical (unpaired) electrons. The van der Waals surface area contributed by atoms with Crippen molar-refractivity contribution in [3.63, 3.8) is 0 Å². The minimum absolute atomic E-state index is 0.0925. The number of barbiturate groups is 1. The summed E-state index contributed by atoms with van der Waals surface area (Å²) in [6, 6.07) is 12.8. The molecule has 0 spiro atoms. The summed E-state index contributed by atoms with van der Waals surface area (Å²) in [6.45, 7) is 0.869. The number of halogens is 1. The molecule has 4 rings (SSSR count). The standard InChI is InChI=1S/C25H25BrN4O7/c26-17-6-10-19(11-7-17)37-18-8-4-16(5-9-18)25(22(34)27-24(36)28-23(25)35)30-14-12-29(13-15-30)20(31)2-1-3-21(32)33/h4-11H,1-3,12-15H2,(H,32,33)(H2,27,28,34,35,36). The first-order valence-electron chi connectivity index (χ1n) is 11.7. The number of hydrogen-bond donors (Lipinski definition) is 3. The van der Waals surface area contributed by atoms with Crippen LogP contribution in [0, 0.1) is 0 Å². The Balaban J connectivity index is 1.54. The van der Waals surface area contributed by atoms with Crippen LogP contribution in [0.25, 0.3) is 0 Å². The number of aliphatic carboxylic acids is 1. The lowest BCUT2D eigenvalue weighted by Crippen LogP contribution is -2.73. The summed E-state index contributed by atoms with van der Waals surface area (Å²) >= 11 is 3.37. The number of ether oxygens (including phenoxy) is 1. The Labute approximate surface area is 220 Å². The molecule has 0 bridgehead atoms. The molecule has 0 aliphatic carbocycles. The van der Waals surface area contributed by atoms with Gasteiger partial charge in [-0.15, -0.1) is 0 Å². The summed E-state index contributed by atoms with van der Waals surface area (Å²) in [5, 5.41) is 13.2. The van der Waals surface area contributed by atoms with Gasteiger partial charge in [-0.05, 0) is 48.4 Å². The number of hydrogen-bond acceptors (Lipinski definition) is 7. The molecule has 37 heavy (non-hydrogen) atoms. The van der Waals surface area contributed by atoms with E-state index < -0.39 is 29.4 Å². The Bertz CT molecular complexity index is 1190. The zero-order valence-electron chi connectivity index (χ0n) is 19.7. The number of benzene rings is 2. The molecule has 2 aromatic carbocycles. The lowest BCUT2D eigenvalue weighted by molar-refractivity contribution is -0.151. The molecule has 0 saturated carbocycles. The monoisotopic (exact) mass is 572 g/mol. The molecule has 0 aromatic heterocycles. The molecule has 12 heteroatoms. The molecule has 2 aliphatic heterocycles. The van der Waals surface area contributed by atoms with Gasteiger partial charge in [-0.1, -0.05) is 28.1 Å². The molecule has 0 atom stereocenters. The van der Waals surface area contributed by atoms with Crippen molar-refractivity contribution in [2.24, 2.45) is 0 Å². The Kier molecular flexibility index (Phi) is 7.89. The third-order valence-corrected chi connectivity index (χ3v) is 6.85. The predicted molar refractivity (Wildman–Crippen MR) is 134 cm³/mol. The van der Waals surface area contributed by atoms with Crippen molar-refractivity contribution in [1.29, 1.82) is 0 Å². The molecule has 3 N–H and O–H groups in total. The average Bonchev–Trinajstić information content (AvgIpc) is 2.86. The van der Waals surface area contributed by atoms with E-state index in [2.05, 4.69) is 26.6 Å². The maximum absolute atomic E-state index is 13.3. The normalized spacial score (nSPS) is 17.6. The zero-order valence-corrected chi connectivity index (χ0v) is 21.3. The maximum Gasteiger partial charge on any atom is 0.328 e. The lowest BCUT2D eigenvalue weighted by atomic mass is 9.84. The van der Waals surface area contributed by atoms with Crippen LogP contribution >= 0.6 is 15.9 Å². The van der Waals surface area contributed by atoms with E-state index in [1.807, 2.05) is 12.1 Å². The van der Waals surface area contributed by atoms with Crippen LogP contribution < -0.4 is 15.4 Å². The van der Waals surface area contributed by atoms with Gasteiger partial charge in [0.15, 0.2) is 0 Å². The smallest absolute Gasteiger partial charge is 0.328 e. The van der Waals surface area contributed by atoms with Crippen LogP contribution in [0.2, 0.25) is 0 Å². The first-order valence-corrected chi connectivity index (χ1v) is 12.4. The fraction of sp³-hybridized carbons (Fsp3) is 0.320. The first-order chi connectivity index (χ1) is 17.7. The number of urea groups is 1. The van der Waals surface area contributed by atoms with Gasteiger partial charge in [-0.2, -0.15) is 0 Å². The third-order valence-electron chi connectivity index (χ3n) is 6.32. The van der Waals surface area contributed by atoms with Gasteiger partial charge in [0.1, 0.15) is 11.5 Å². The number of nitrogens with one attached hydrogen (secondary N) is 2. The Hall–Kier alpha value is -3.77. The fourth-order valence-corrected chi connectivity index (χ4v) is 4.76. The molecule has 194 valence electrons. The van der Waals surface area contributed by atoms with Gasteiger partial charge in [0.2, 0.25) is 11.4 Å². The molecule has 2 aromatic rings. The van der Waals surface area contributed by atoms with Gasteiger partial charge < -0.3 is 14.7 Å². The van der Waals surface area contributed by atoms with Crippen LogP contribution in [-0.2, 0) is 24.7 Å². The average molecular weight is 573 g/mol. The van der Waals surface area contributed by atoms with Crippen LogP contribution in [0.5, 0.6) is 11.5 Å². The molecule has 2 fully saturated rings. The van der Waals surface area contributed by atoms with Crippen LogP contribution in [-0.4, -0.2) is 70.8 Å². The molecule has 0 unspecified atom stereocenters. The van der Waals surface area contributed by atoms with Crippen molar-refractivity contribution >= 4 is 45.7 Å². The number of nitrogens with zero attached hydrogens (tertiary/aromatic N) is 2. The summed E-state index contributed by atoms with van der Waals surface area (Å²) in [6.07, 6.45) is 0.247. The van der Waals surface area contributed by atoms with Gasteiger partial charge in [0.05, 0.1) is 0 Å². The lowest BCUT2D eigenvalue weighted by Gasteiger charge is -2.46. The summed E-state index contributed by atoms with van der Waals surface area (Å²) in [4.78, 5) is 64.8. The van der Waals surface area contributed by atoms with E-state index >= 15 is 0 Å². The van der Waals surface area contributed by atoms with Crippen LogP contribution in [0.15, 0.2) is 53.0 Å². The van der Waals surface area contributed by atoms with Gasteiger partial charge in [-0.25, -0.2) is 4.79 Å². The van der Waals surface area contributed by atoms with Crippen molar-refractivity contribution in [2.45, 2.75) is 24.8 Å². The highest BCUT2D eigenvalue weighted by atomic mass is 79.9. The number of imide groups is 2. The Morgan fingerprint density at radius 1 is 0.865 bits per heavy atom. The molecular weight excluding hydrogens is 548 g/mol. The third kappa shape index (κ3) is 5.65. The van der Waals surface area contributed by atoms with Gasteiger partial charge in [0.25, 0.3) is 11.8 Å². The number of carbonyl (C=O) groups is 5. The second-order valence-corrected chi connectivity index (χ2v) is 9.56. The van der Waals surface area contributed by atoms with Crippen molar-refractivity contribution in [1.82, 2.24) is 20.4 Å². The second-order valence-electron chi connectivity index (χ2n) is 8.64. The van der Waals surface area contributed by atoms with E-state index in [9.17, 15) is 24.0 Å². The van der Waals surface area contributed by atoms with Crippen LogP contribution in [0.3, 0.4) is 0 Å². The van der Waals surface area contributed by atoms with Crippen molar-refractivity contribution in [3.05, 3.63) is 58.6 Å². The molecular formula is C25H25BrN4O7. The Morgan fingerprint density at radius 2 is 1.41 bits per heavy atom. The van der Waals surface area contributed by atoms with Crippen molar-refractivity contribution in [3.8, 4) is 11.5 Å². The first kappa shape index (κ1) is 26.3. The molecule has 5 amide bonds. The second kappa shape index (κ2) is 11.1. The quantitative estimate of drug-likeness (QED) is 0.408. The number of carboxylic acid groups (broad SMARTS) is 1. The summed E-state index contributed by atoms with van der Waals surface area (Å²) in [7, 11) is 0. The van der Waals surface area contributed by atoms with Crippen LogP contribution in [0.1, 0.15) is 24.8 Å². The number of rotatable bonds is 8. The van der Waals surface area contributed by atoms with E-state index in [0.29, 0.717) is 17.1 Å². The molecule has 2 heterocycles. The van der Waals surface area contributed by atoms with Crippen molar-refractivity contribution < 1.29 is 33.8 Å². The zero-order chi connectivity index (χ0) is 26.6. The summed E-state index contributed by atoms with van der Waals surface area (Å²) in [5.74, 6) is -1.60. The fourth-order valence-electron chi connectivity index (χ4n) is 4.50. The number of piperazine rings is 1. The number of carboxylic acids is 1. The topological polar surface area (TPSA) is 145 Å². The number of amides is 5. The minimum atomic E-state index is -1.82. The highest BCUT2D eigenvalue weighted by molar-refractivity contribution is 9.10. The summed E-state index contributed by atoms with van der Waals surface area (Å²) < 4.78 is 6.75. The van der Waals surface area contributed by atoms with Gasteiger partial charge in [0, 0.05) is 43.5 Å². The van der Waals surface area contributed by atoms with Gasteiger partial charge >= 0.3 is 12.0 Å². The van der Waals surface area contributed by atoms with Crippen LogP contribution in [0.4, 0.5) is 4.79 Å². The highest BCUT2D eigenvalue weighted by Crippen LogP contribution is 2.34. The van der Waals surface area contributed by atoms with E-state index in [1.165, 1.54) is 0 Å². The highest BCUT2D eigenvalue weighted by Gasteiger charge is 2.56. The van der Waals surface area contributed by atoms with E-state index in [-0.39, 0.29) is 51.3 Å². The predicted octanol–water partition coefficient (Wildman–Crippen LogP) is 2.20. The van der Waals surface area contributed by atoms with E-state index in [4.69, 9.17) is 9.84 Å². The number of carbonyl (C=O) groups excluding carboxylic acids is 4. The molecule has 2 saturated heterocycles. The Morgan fingerprint density at radius 3 is 1.95 bits per heavy atom. The largest absolute Gasteiger partial charge is 0.481 e.